The third kappa shape index (κ3) is 4.52. The molecule has 4 rings (SSSR count). The maximum absolute atomic E-state index is 13.0. The van der Waals surface area contributed by atoms with Crippen LogP contribution in [0.15, 0.2) is 65.7 Å². The molecule has 0 radical (unpaired) electrons. The molecule has 164 valence electrons. The monoisotopic (exact) mass is 439 g/mol. The lowest BCUT2D eigenvalue weighted by Crippen LogP contribution is -2.35. The third-order valence-electron chi connectivity index (χ3n) is 5.98. The summed E-state index contributed by atoms with van der Waals surface area (Å²) in [5, 5.41) is 3.85. The Balaban J connectivity index is 1.55. The number of aromatic nitrogens is 1. The predicted molar refractivity (Wildman–Crippen MR) is 122 cm³/mol. The molecule has 0 bridgehead atoms. The van der Waals surface area contributed by atoms with Crippen LogP contribution < -0.4 is 5.32 Å². The number of hydrogen-bond acceptors (Lipinski definition) is 3. The molecule has 0 unspecified atom stereocenters. The highest BCUT2D eigenvalue weighted by Gasteiger charge is 2.27. The highest BCUT2D eigenvalue weighted by Crippen LogP contribution is 2.27. The summed E-state index contributed by atoms with van der Waals surface area (Å²) >= 11 is 0. The smallest absolute Gasteiger partial charge is 0.243 e. The highest BCUT2D eigenvalue weighted by molar-refractivity contribution is 7.89. The van der Waals surface area contributed by atoms with Crippen molar-refractivity contribution in [2.75, 3.05) is 13.1 Å². The van der Waals surface area contributed by atoms with Crippen LogP contribution >= 0.6 is 0 Å². The van der Waals surface area contributed by atoms with Crippen LogP contribution in [-0.2, 0) is 21.4 Å². The van der Waals surface area contributed by atoms with E-state index in [1.54, 1.807) is 16.4 Å². The minimum Gasteiger partial charge on any atom is -0.350 e. The Morgan fingerprint density at radius 1 is 1.03 bits per heavy atom. The first-order chi connectivity index (χ1) is 15.0. The average molecular weight is 440 g/mol. The standard InChI is InChI=1S/C24H29N3O3S/c1-2-22(24(28)25-18-19-9-5-3-6-10-19)27-16-13-20-17-21(11-12-23(20)27)31(29,30)26-14-7-4-8-15-26/h3,5-6,9-13,16-17,22H,2,4,7-8,14-15,18H2,1H3,(H,25,28)/t22-/m0/s1. The number of amides is 1. The summed E-state index contributed by atoms with van der Waals surface area (Å²) in [5.74, 6) is -0.0473. The molecule has 2 aromatic carbocycles. The number of sulfonamides is 1. The van der Waals surface area contributed by atoms with Crippen LogP contribution in [0.1, 0.15) is 44.2 Å². The van der Waals surface area contributed by atoms with Gasteiger partial charge in [-0.2, -0.15) is 4.31 Å². The molecule has 1 amide bonds. The molecule has 1 N–H and O–H groups in total. The molecule has 2 heterocycles. The molecule has 1 fully saturated rings. The van der Waals surface area contributed by atoms with Gasteiger partial charge in [0.2, 0.25) is 15.9 Å². The molecule has 7 heteroatoms. The van der Waals surface area contributed by atoms with E-state index in [-0.39, 0.29) is 11.9 Å². The van der Waals surface area contributed by atoms with Crippen molar-refractivity contribution >= 4 is 26.8 Å². The number of benzene rings is 2. The average Bonchev–Trinajstić information content (AvgIpc) is 3.22. The normalized spacial score (nSPS) is 16.3. The van der Waals surface area contributed by atoms with Crippen LogP contribution in [0.5, 0.6) is 0 Å². The number of carbonyl (C=O) groups excluding carboxylic acids is 1. The molecular weight excluding hydrogens is 410 g/mol. The lowest BCUT2D eigenvalue weighted by Gasteiger charge is -2.26. The van der Waals surface area contributed by atoms with Gasteiger partial charge in [0.15, 0.2) is 0 Å². The summed E-state index contributed by atoms with van der Waals surface area (Å²) in [6, 6.07) is 16.6. The maximum atomic E-state index is 13.0. The second kappa shape index (κ2) is 9.24. The van der Waals surface area contributed by atoms with Crippen LogP contribution in [-0.4, -0.2) is 36.3 Å². The minimum absolute atomic E-state index is 0.0473. The second-order valence-electron chi connectivity index (χ2n) is 8.04. The highest BCUT2D eigenvalue weighted by atomic mass is 32.2. The van der Waals surface area contributed by atoms with E-state index < -0.39 is 10.0 Å². The number of hydrogen-bond donors (Lipinski definition) is 1. The number of nitrogens with one attached hydrogen (secondary N) is 1. The van der Waals surface area contributed by atoms with Crippen molar-refractivity contribution < 1.29 is 13.2 Å². The first-order valence-corrected chi connectivity index (χ1v) is 12.4. The quantitative estimate of drug-likeness (QED) is 0.603. The van der Waals surface area contributed by atoms with Gasteiger partial charge >= 0.3 is 0 Å². The van der Waals surface area contributed by atoms with Gasteiger partial charge in [-0.15, -0.1) is 0 Å². The molecular formula is C24H29N3O3S. The summed E-state index contributed by atoms with van der Waals surface area (Å²) in [4.78, 5) is 13.2. The Kier molecular flexibility index (Phi) is 6.43. The molecule has 1 atom stereocenters. The molecule has 1 saturated heterocycles. The van der Waals surface area contributed by atoms with E-state index in [0.717, 1.165) is 35.7 Å². The van der Waals surface area contributed by atoms with E-state index >= 15 is 0 Å². The largest absolute Gasteiger partial charge is 0.350 e. The Labute approximate surface area is 183 Å². The van der Waals surface area contributed by atoms with Gasteiger partial charge in [0, 0.05) is 36.7 Å². The van der Waals surface area contributed by atoms with Crippen LogP contribution in [0, 0.1) is 0 Å². The molecule has 1 aliphatic heterocycles. The lowest BCUT2D eigenvalue weighted by molar-refractivity contribution is -0.124. The molecule has 0 spiro atoms. The number of rotatable bonds is 7. The van der Waals surface area contributed by atoms with Crippen molar-refractivity contribution in [3.8, 4) is 0 Å². The summed E-state index contributed by atoms with van der Waals surface area (Å²) in [7, 11) is -3.48. The Morgan fingerprint density at radius 3 is 2.48 bits per heavy atom. The molecule has 3 aromatic rings. The summed E-state index contributed by atoms with van der Waals surface area (Å²) in [6.07, 6.45) is 5.41. The second-order valence-corrected chi connectivity index (χ2v) is 9.97. The maximum Gasteiger partial charge on any atom is 0.243 e. The van der Waals surface area contributed by atoms with Crippen LogP contribution in [0.3, 0.4) is 0 Å². The van der Waals surface area contributed by atoms with E-state index in [1.807, 2.05) is 60.2 Å². The van der Waals surface area contributed by atoms with Crippen LogP contribution in [0.4, 0.5) is 0 Å². The zero-order valence-corrected chi connectivity index (χ0v) is 18.6. The van der Waals surface area contributed by atoms with Gasteiger partial charge < -0.3 is 9.88 Å². The molecule has 1 aliphatic rings. The molecule has 31 heavy (non-hydrogen) atoms. The van der Waals surface area contributed by atoms with E-state index in [9.17, 15) is 13.2 Å². The Bertz CT molecular complexity index is 1150. The van der Waals surface area contributed by atoms with Gasteiger partial charge in [-0.05, 0) is 49.1 Å². The van der Waals surface area contributed by atoms with Crippen molar-refractivity contribution in [1.82, 2.24) is 14.2 Å². The zero-order valence-electron chi connectivity index (χ0n) is 17.8. The van der Waals surface area contributed by atoms with Gasteiger partial charge in [0.25, 0.3) is 0 Å². The van der Waals surface area contributed by atoms with Crippen LogP contribution in [0.25, 0.3) is 10.9 Å². The van der Waals surface area contributed by atoms with E-state index in [0.29, 0.717) is 31.0 Å². The number of fused-ring (bicyclic) bond motifs is 1. The predicted octanol–water partition coefficient (Wildman–Crippen LogP) is 4.08. The topological polar surface area (TPSA) is 71.4 Å². The Morgan fingerprint density at radius 2 is 1.77 bits per heavy atom. The summed E-state index contributed by atoms with van der Waals surface area (Å²) < 4.78 is 29.5. The van der Waals surface area contributed by atoms with Crippen molar-refractivity contribution in [1.29, 1.82) is 0 Å². The van der Waals surface area contributed by atoms with Gasteiger partial charge in [-0.3, -0.25) is 4.79 Å². The minimum atomic E-state index is -3.48. The number of carbonyl (C=O) groups is 1. The molecule has 1 aromatic heterocycles. The van der Waals surface area contributed by atoms with E-state index in [1.165, 1.54) is 0 Å². The lowest BCUT2D eigenvalue weighted by atomic mass is 10.1. The van der Waals surface area contributed by atoms with Gasteiger partial charge in [-0.25, -0.2) is 8.42 Å². The fourth-order valence-corrected chi connectivity index (χ4v) is 5.79. The van der Waals surface area contributed by atoms with Crippen LogP contribution in [0.2, 0.25) is 0 Å². The summed E-state index contributed by atoms with van der Waals surface area (Å²) in [5.41, 5.74) is 1.91. The third-order valence-corrected chi connectivity index (χ3v) is 7.87. The fraction of sp³-hybridized carbons (Fsp3) is 0.375. The van der Waals surface area contributed by atoms with Crippen molar-refractivity contribution in [2.45, 2.75) is 50.1 Å². The molecule has 0 saturated carbocycles. The number of nitrogens with zero attached hydrogens (tertiary/aromatic N) is 2. The number of piperidine rings is 1. The molecule has 6 nitrogen and oxygen atoms in total. The first-order valence-electron chi connectivity index (χ1n) is 10.9. The van der Waals surface area contributed by atoms with Crippen molar-refractivity contribution in [2.24, 2.45) is 0 Å². The fourth-order valence-electron chi connectivity index (χ4n) is 4.24. The zero-order chi connectivity index (χ0) is 21.8. The SMILES string of the molecule is CC[C@@H](C(=O)NCc1ccccc1)n1ccc2cc(S(=O)(=O)N3CCCCC3)ccc21. The van der Waals surface area contributed by atoms with Gasteiger partial charge in [0.1, 0.15) is 6.04 Å². The van der Waals surface area contributed by atoms with E-state index in [4.69, 9.17) is 0 Å². The summed E-state index contributed by atoms with van der Waals surface area (Å²) in [6.45, 7) is 3.63. The van der Waals surface area contributed by atoms with Crippen molar-refractivity contribution in [3.05, 3.63) is 66.4 Å². The first kappa shape index (κ1) is 21.6. The Hall–Kier alpha value is -2.64. The van der Waals surface area contributed by atoms with E-state index in [2.05, 4.69) is 5.32 Å². The van der Waals surface area contributed by atoms with Crippen molar-refractivity contribution in [3.63, 3.8) is 0 Å². The van der Waals surface area contributed by atoms with Gasteiger partial charge in [0.05, 0.1) is 4.90 Å². The molecule has 0 aliphatic carbocycles. The van der Waals surface area contributed by atoms with Gasteiger partial charge in [-0.1, -0.05) is 43.7 Å².